The number of carbonyl (C=O) groups is 4. The number of hydrogen-bond acceptors (Lipinski definition) is 6. The van der Waals surface area contributed by atoms with Crippen molar-refractivity contribution in [1.82, 2.24) is 0 Å². The van der Waals surface area contributed by atoms with Crippen LogP contribution in [0.4, 0.5) is 0 Å². The van der Waals surface area contributed by atoms with Crippen molar-refractivity contribution < 1.29 is 58.5 Å². The van der Waals surface area contributed by atoms with E-state index in [0.717, 1.165) is 0 Å². The van der Waals surface area contributed by atoms with E-state index in [1.54, 1.807) is 0 Å². The van der Waals surface area contributed by atoms with Crippen molar-refractivity contribution in [3.63, 3.8) is 0 Å². The van der Waals surface area contributed by atoms with E-state index in [2.05, 4.69) is 4.52 Å². The Bertz CT molecular complexity index is 491. The summed E-state index contributed by atoms with van der Waals surface area (Å²) in [6, 6.07) is 0. The number of aliphatic carboxylic acids is 4. The summed E-state index contributed by atoms with van der Waals surface area (Å²) in [5, 5.41) is 34.9. The zero-order valence-electron chi connectivity index (χ0n) is 10.0. The second-order valence-electron chi connectivity index (χ2n) is 3.76. The molecule has 3 atom stereocenters. The van der Waals surface area contributed by atoms with Gasteiger partial charge in [0.2, 0.25) is 0 Å². The number of carboxylic acids is 4. The molecule has 120 valence electrons. The van der Waals surface area contributed by atoms with Gasteiger partial charge >= 0.3 is 31.7 Å². The molecule has 12 nitrogen and oxygen atoms in total. The summed E-state index contributed by atoms with van der Waals surface area (Å²) in [7, 11) is -5.46. The molecule has 0 aromatic heterocycles. The van der Waals surface area contributed by atoms with Crippen LogP contribution in [0.3, 0.4) is 0 Å². The summed E-state index contributed by atoms with van der Waals surface area (Å²) in [6.07, 6.45) is -4.02. The van der Waals surface area contributed by atoms with Crippen LogP contribution in [0.15, 0.2) is 0 Å². The summed E-state index contributed by atoms with van der Waals surface area (Å²) in [5.74, 6) is -12.8. The summed E-state index contributed by atoms with van der Waals surface area (Å²) in [5.41, 5.74) is 0. The van der Waals surface area contributed by atoms with Gasteiger partial charge in [-0.05, 0) is 0 Å². The highest BCUT2D eigenvalue weighted by molar-refractivity contribution is 7.46. The Morgan fingerprint density at radius 1 is 0.905 bits per heavy atom. The number of phosphoric ester groups is 1. The average Bonchev–Trinajstić information content (AvgIpc) is 2.23. The molecule has 0 aliphatic rings. The van der Waals surface area contributed by atoms with Gasteiger partial charge in [0, 0.05) is 0 Å². The Balaban J connectivity index is 5.73. The molecule has 0 fully saturated rings. The van der Waals surface area contributed by atoms with Gasteiger partial charge < -0.3 is 30.2 Å². The van der Waals surface area contributed by atoms with Crippen LogP contribution in [-0.4, -0.2) is 60.2 Å². The fourth-order valence-corrected chi connectivity index (χ4v) is 2.00. The highest BCUT2D eigenvalue weighted by Crippen LogP contribution is 2.40. The predicted molar refractivity (Wildman–Crippen MR) is 59.1 cm³/mol. The largest absolute Gasteiger partial charge is 0.481 e. The fraction of sp³-hybridized carbons (Fsp3) is 0.500. The minimum atomic E-state index is -5.46. The smallest absolute Gasteiger partial charge is 0.470 e. The Hall–Kier alpha value is -2.01. The van der Waals surface area contributed by atoms with Crippen LogP contribution in [0.1, 0.15) is 6.42 Å². The normalized spacial score (nSPS) is 15.7. The van der Waals surface area contributed by atoms with Gasteiger partial charge in [0.1, 0.15) is 5.92 Å². The van der Waals surface area contributed by atoms with Crippen LogP contribution in [0, 0.1) is 11.8 Å². The van der Waals surface area contributed by atoms with Crippen LogP contribution in [0.5, 0.6) is 0 Å². The molecule has 21 heavy (non-hydrogen) atoms. The maximum atomic E-state index is 11.0. The minimum absolute atomic E-state index is 1.28. The molecule has 0 bridgehead atoms. The van der Waals surface area contributed by atoms with Crippen molar-refractivity contribution in [3.8, 4) is 0 Å². The third-order valence-corrected chi connectivity index (χ3v) is 2.75. The van der Waals surface area contributed by atoms with Crippen molar-refractivity contribution >= 4 is 31.7 Å². The number of carboxylic acid groups (broad SMARTS) is 4. The van der Waals surface area contributed by atoms with Crippen LogP contribution < -0.4 is 0 Å². The third-order valence-electron chi connectivity index (χ3n) is 2.25. The average molecular weight is 330 g/mol. The van der Waals surface area contributed by atoms with Crippen molar-refractivity contribution in [2.75, 3.05) is 0 Å². The van der Waals surface area contributed by atoms with Gasteiger partial charge in [0.15, 0.2) is 6.10 Å². The SMILES string of the molecule is O=C(O)CC(C(=O)O)C(C(=O)O)C(OP(=O)(O)O)C(=O)O. The molecule has 6 N–H and O–H groups in total. The number of rotatable bonds is 9. The van der Waals surface area contributed by atoms with Gasteiger partial charge in [-0.2, -0.15) is 0 Å². The molecule has 0 radical (unpaired) electrons. The zero-order valence-corrected chi connectivity index (χ0v) is 10.9. The molecule has 3 unspecified atom stereocenters. The minimum Gasteiger partial charge on any atom is -0.481 e. The van der Waals surface area contributed by atoms with Gasteiger partial charge in [-0.1, -0.05) is 0 Å². The summed E-state index contributed by atoms with van der Waals surface area (Å²) < 4.78 is 14.4. The molecule has 0 rings (SSSR count). The van der Waals surface area contributed by atoms with E-state index < -0.39 is 56.1 Å². The first-order chi connectivity index (χ1) is 9.36. The molecule has 0 aromatic carbocycles. The van der Waals surface area contributed by atoms with E-state index in [0.29, 0.717) is 0 Å². The first-order valence-electron chi connectivity index (χ1n) is 5.01. The summed E-state index contributed by atoms with van der Waals surface area (Å²) in [6.45, 7) is 0. The molecule has 0 aliphatic heterocycles. The van der Waals surface area contributed by atoms with E-state index in [-0.39, 0.29) is 0 Å². The Morgan fingerprint density at radius 2 is 1.38 bits per heavy atom. The highest BCUT2D eigenvalue weighted by Gasteiger charge is 2.47. The second kappa shape index (κ2) is 7.13. The molecule has 0 spiro atoms. The van der Waals surface area contributed by atoms with E-state index >= 15 is 0 Å². The van der Waals surface area contributed by atoms with Crippen molar-refractivity contribution in [3.05, 3.63) is 0 Å². The Labute approximate surface area is 115 Å². The standard InChI is InChI=1S/C8H11O12P/c9-3(10)1-2(6(11)12)4(7(13)14)5(8(15)16)20-21(17,18)19/h2,4-5H,1H2,(H,9,10)(H,11,12)(H,13,14)(H,15,16)(H2,17,18,19). The number of hydrogen-bond donors (Lipinski definition) is 6. The quantitative estimate of drug-likeness (QED) is 0.264. The monoisotopic (exact) mass is 330 g/mol. The van der Waals surface area contributed by atoms with E-state index in [1.807, 2.05) is 0 Å². The molecule has 0 amide bonds. The molecule has 0 saturated carbocycles. The zero-order chi connectivity index (χ0) is 17.0. The van der Waals surface area contributed by atoms with Crippen LogP contribution >= 0.6 is 7.82 Å². The van der Waals surface area contributed by atoms with Crippen LogP contribution in [-0.2, 0) is 28.3 Å². The Morgan fingerprint density at radius 3 is 1.62 bits per heavy atom. The van der Waals surface area contributed by atoms with E-state index in [4.69, 9.17) is 30.2 Å². The lowest BCUT2D eigenvalue weighted by molar-refractivity contribution is -0.168. The van der Waals surface area contributed by atoms with Gasteiger partial charge in [-0.15, -0.1) is 0 Å². The Kier molecular flexibility index (Phi) is 6.45. The van der Waals surface area contributed by atoms with Gasteiger partial charge in [0.25, 0.3) is 0 Å². The maximum Gasteiger partial charge on any atom is 0.470 e. The maximum absolute atomic E-state index is 11.0. The third kappa shape index (κ3) is 6.31. The topological polar surface area (TPSA) is 216 Å². The van der Waals surface area contributed by atoms with Crippen molar-refractivity contribution in [2.24, 2.45) is 11.8 Å². The van der Waals surface area contributed by atoms with E-state index in [1.165, 1.54) is 0 Å². The molecular weight excluding hydrogens is 319 g/mol. The van der Waals surface area contributed by atoms with Crippen molar-refractivity contribution in [1.29, 1.82) is 0 Å². The molecule has 0 saturated heterocycles. The van der Waals surface area contributed by atoms with Gasteiger partial charge in [-0.3, -0.25) is 18.9 Å². The van der Waals surface area contributed by atoms with E-state index in [9.17, 15) is 23.7 Å². The number of phosphoric acid groups is 1. The molecular formula is C8H11O12P. The fourth-order valence-electron chi connectivity index (χ4n) is 1.48. The highest BCUT2D eigenvalue weighted by atomic mass is 31.2. The lowest BCUT2D eigenvalue weighted by atomic mass is 9.85. The van der Waals surface area contributed by atoms with Crippen LogP contribution in [0.2, 0.25) is 0 Å². The van der Waals surface area contributed by atoms with Gasteiger partial charge in [0.05, 0.1) is 12.3 Å². The lowest BCUT2D eigenvalue weighted by Gasteiger charge is -2.24. The molecule has 0 aliphatic carbocycles. The molecule has 0 heterocycles. The second-order valence-corrected chi connectivity index (χ2v) is 4.95. The van der Waals surface area contributed by atoms with Crippen molar-refractivity contribution in [2.45, 2.75) is 12.5 Å². The first-order valence-corrected chi connectivity index (χ1v) is 6.54. The van der Waals surface area contributed by atoms with Crippen LogP contribution in [0.25, 0.3) is 0 Å². The predicted octanol–water partition coefficient (Wildman–Crippen LogP) is -1.57. The molecule has 0 aromatic rings. The first kappa shape index (κ1) is 19.0. The summed E-state index contributed by atoms with van der Waals surface area (Å²) in [4.78, 5) is 60.4. The summed E-state index contributed by atoms with van der Waals surface area (Å²) >= 11 is 0. The van der Waals surface area contributed by atoms with Gasteiger partial charge in [-0.25, -0.2) is 9.36 Å². The lowest BCUT2D eigenvalue weighted by Crippen LogP contribution is -2.44. The molecule has 13 heteroatoms.